The van der Waals surface area contributed by atoms with Gasteiger partial charge in [0.15, 0.2) is 5.78 Å². The molecule has 5 nitrogen and oxygen atoms in total. The number of hydrogen-bond donors (Lipinski definition) is 1. The number of likely N-dealkylation sites (tertiary alicyclic amines) is 1. The SMILES string of the molecule is C[C@@H]1CCC[N+]1(C(=O)O)C(=O)CC(Br)C(=O)c1cccc(Cl)c1. The summed E-state index contributed by atoms with van der Waals surface area (Å²) >= 11 is 9.10. The highest BCUT2D eigenvalue weighted by Crippen LogP contribution is 2.30. The number of ketones is 1. The minimum absolute atomic E-state index is 0.165. The van der Waals surface area contributed by atoms with Gasteiger partial charge in [0.25, 0.3) is 0 Å². The lowest BCUT2D eigenvalue weighted by Crippen LogP contribution is -2.59. The van der Waals surface area contributed by atoms with Crippen LogP contribution in [0, 0.1) is 0 Å². The molecule has 3 atom stereocenters. The molecule has 1 aliphatic heterocycles. The fraction of sp³-hybridized carbons (Fsp3) is 0.438. The molecule has 1 fully saturated rings. The maximum absolute atomic E-state index is 12.6. The van der Waals surface area contributed by atoms with E-state index < -0.39 is 21.3 Å². The molecule has 0 radical (unpaired) electrons. The molecule has 1 heterocycles. The Balaban J connectivity index is 2.16. The van der Waals surface area contributed by atoms with Crippen molar-refractivity contribution < 1.29 is 24.0 Å². The van der Waals surface area contributed by atoms with Crippen molar-refractivity contribution in [3.05, 3.63) is 34.9 Å². The minimum Gasteiger partial charge on any atom is -0.435 e. The first-order chi connectivity index (χ1) is 10.8. The Hall–Kier alpha value is -1.24. The number of alkyl halides is 1. The molecule has 0 aromatic heterocycles. The van der Waals surface area contributed by atoms with Crippen LogP contribution in [-0.4, -0.2) is 44.8 Å². The highest BCUT2D eigenvalue weighted by Gasteiger charge is 2.53. The zero-order valence-electron chi connectivity index (χ0n) is 12.7. The summed E-state index contributed by atoms with van der Waals surface area (Å²) in [6.45, 7) is 2.04. The van der Waals surface area contributed by atoms with Crippen LogP contribution < -0.4 is 0 Å². The molecule has 1 saturated heterocycles. The van der Waals surface area contributed by atoms with E-state index in [9.17, 15) is 19.5 Å². The number of rotatable bonds is 4. The van der Waals surface area contributed by atoms with Gasteiger partial charge in [-0.1, -0.05) is 39.7 Å². The van der Waals surface area contributed by atoms with Gasteiger partial charge in [0.05, 0.1) is 17.8 Å². The van der Waals surface area contributed by atoms with Crippen LogP contribution in [0.4, 0.5) is 4.79 Å². The molecule has 1 aliphatic rings. The lowest BCUT2D eigenvalue weighted by Gasteiger charge is -2.30. The predicted octanol–water partition coefficient (Wildman–Crippen LogP) is 3.88. The lowest BCUT2D eigenvalue weighted by atomic mass is 10.1. The van der Waals surface area contributed by atoms with E-state index in [4.69, 9.17) is 11.6 Å². The van der Waals surface area contributed by atoms with Gasteiger partial charge in [0.2, 0.25) is 0 Å². The molecule has 1 aromatic carbocycles. The fourth-order valence-electron chi connectivity index (χ4n) is 3.07. The molecule has 1 N–H and O–H groups in total. The second-order valence-electron chi connectivity index (χ2n) is 5.81. The van der Waals surface area contributed by atoms with E-state index in [0.717, 1.165) is 0 Å². The summed E-state index contributed by atoms with van der Waals surface area (Å²) in [6, 6.07) is 6.19. The molecule has 0 saturated carbocycles. The van der Waals surface area contributed by atoms with Crippen molar-refractivity contribution in [2.75, 3.05) is 6.54 Å². The van der Waals surface area contributed by atoms with Crippen LogP contribution in [0.1, 0.15) is 36.5 Å². The standard InChI is InChI=1S/C16H17BrClNO4/c1-10-4-3-7-19(10,16(22)23)14(20)9-13(17)15(21)11-5-2-6-12(18)8-11/h2,5-6,8,10,13H,3-4,7,9H2,1H3/p+1/t10-,13?,19?/m1/s1. The van der Waals surface area contributed by atoms with Crippen molar-refractivity contribution in [1.82, 2.24) is 0 Å². The summed E-state index contributed by atoms with van der Waals surface area (Å²) in [5, 5.41) is 9.98. The van der Waals surface area contributed by atoms with Crippen molar-refractivity contribution in [2.24, 2.45) is 0 Å². The Labute approximate surface area is 147 Å². The molecule has 2 amide bonds. The first-order valence-electron chi connectivity index (χ1n) is 7.37. The summed E-state index contributed by atoms with van der Waals surface area (Å²) < 4.78 is -0.592. The van der Waals surface area contributed by atoms with E-state index in [1.807, 2.05) is 0 Å². The average Bonchev–Trinajstić information content (AvgIpc) is 2.89. The minimum atomic E-state index is -1.14. The third-order valence-corrected chi connectivity index (χ3v) is 5.39. The molecule has 23 heavy (non-hydrogen) atoms. The van der Waals surface area contributed by atoms with Crippen LogP contribution in [0.25, 0.3) is 0 Å². The van der Waals surface area contributed by atoms with Gasteiger partial charge < -0.3 is 5.11 Å². The largest absolute Gasteiger partial charge is 0.521 e. The summed E-state index contributed by atoms with van der Waals surface area (Å²) in [5.74, 6) is -0.726. The summed E-state index contributed by atoms with van der Waals surface area (Å²) in [5.41, 5.74) is 0.392. The zero-order chi connectivity index (χ0) is 17.2. The van der Waals surface area contributed by atoms with Crippen LogP contribution in [0.3, 0.4) is 0 Å². The van der Waals surface area contributed by atoms with E-state index in [1.54, 1.807) is 25.1 Å². The van der Waals surface area contributed by atoms with Crippen molar-refractivity contribution in [1.29, 1.82) is 0 Å². The second kappa shape index (κ2) is 7.11. The Kier molecular flexibility index (Phi) is 5.60. The zero-order valence-corrected chi connectivity index (χ0v) is 15.0. The normalized spacial score (nSPS) is 25.1. The summed E-state index contributed by atoms with van der Waals surface area (Å²) in [6.07, 6.45) is 0.0683. The number of quaternary nitrogens is 1. The van der Waals surface area contributed by atoms with Crippen LogP contribution in [0.5, 0.6) is 0 Å². The van der Waals surface area contributed by atoms with Gasteiger partial charge in [-0.3, -0.25) is 4.79 Å². The Morgan fingerprint density at radius 2 is 2.13 bits per heavy atom. The van der Waals surface area contributed by atoms with Gasteiger partial charge in [-0.25, -0.2) is 4.79 Å². The number of carbonyl (C=O) groups excluding carboxylic acids is 2. The third-order valence-electron chi connectivity index (χ3n) is 4.42. The van der Waals surface area contributed by atoms with Crippen LogP contribution >= 0.6 is 27.5 Å². The Bertz CT molecular complexity index is 651. The number of benzene rings is 1. The lowest BCUT2D eigenvalue weighted by molar-refractivity contribution is -0.792. The Morgan fingerprint density at radius 3 is 2.65 bits per heavy atom. The average molecular weight is 404 g/mol. The molecule has 1 aromatic rings. The Morgan fingerprint density at radius 1 is 1.43 bits per heavy atom. The maximum Gasteiger partial charge on any atom is 0.521 e. The van der Waals surface area contributed by atoms with Crippen molar-refractivity contribution in [3.63, 3.8) is 0 Å². The number of imide groups is 1. The van der Waals surface area contributed by atoms with Gasteiger partial charge in [0.1, 0.15) is 6.04 Å². The van der Waals surface area contributed by atoms with E-state index in [0.29, 0.717) is 23.4 Å². The first-order valence-corrected chi connectivity index (χ1v) is 8.67. The number of Topliss-reactive ketones (excluding diaryl/α,β-unsaturated/α-hetero) is 1. The summed E-state index contributed by atoms with van der Waals surface area (Å²) in [4.78, 5) is 35.9. The summed E-state index contributed by atoms with van der Waals surface area (Å²) in [7, 11) is 0. The number of halogens is 2. The van der Waals surface area contributed by atoms with Gasteiger partial charge in [0, 0.05) is 23.4 Å². The third kappa shape index (κ3) is 3.49. The van der Waals surface area contributed by atoms with Crippen molar-refractivity contribution >= 4 is 45.3 Å². The first kappa shape index (κ1) is 18.1. The van der Waals surface area contributed by atoms with Gasteiger partial charge in [-0.05, 0) is 19.1 Å². The fourth-order valence-corrected chi connectivity index (χ4v) is 3.80. The van der Waals surface area contributed by atoms with E-state index >= 15 is 0 Å². The van der Waals surface area contributed by atoms with Crippen molar-refractivity contribution in [2.45, 2.75) is 37.1 Å². The number of amides is 2. The molecule has 124 valence electrons. The number of nitrogens with zero attached hydrogens (tertiary/aromatic N) is 1. The molecule has 0 aliphatic carbocycles. The van der Waals surface area contributed by atoms with Gasteiger partial charge in [-0.2, -0.15) is 9.28 Å². The second-order valence-corrected chi connectivity index (χ2v) is 7.35. The van der Waals surface area contributed by atoms with E-state index in [2.05, 4.69) is 15.9 Å². The highest BCUT2D eigenvalue weighted by atomic mass is 79.9. The maximum atomic E-state index is 12.6. The van der Waals surface area contributed by atoms with Gasteiger partial charge >= 0.3 is 12.0 Å². The van der Waals surface area contributed by atoms with Crippen molar-refractivity contribution in [3.8, 4) is 0 Å². The highest BCUT2D eigenvalue weighted by molar-refractivity contribution is 9.10. The molecule has 0 spiro atoms. The topological polar surface area (TPSA) is 71.4 Å². The predicted molar refractivity (Wildman–Crippen MR) is 90.0 cm³/mol. The molecule has 2 rings (SSSR count). The molecular weight excluding hydrogens is 386 g/mol. The number of carbonyl (C=O) groups is 3. The quantitative estimate of drug-likeness (QED) is 0.470. The molecule has 7 heteroatoms. The van der Waals surface area contributed by atoms with Crippen LogP contribution in [-0.2, 0) is 4.79 Å². The van der Waals surface area contributed by atoms with E-state index in [1.165, 1.54) is 6.07 Å². The van der Waals surface area contributed by atoms with Crippen LogP contribution in [0.15, 0.2) is 24.3 Å². The van der Waals surface area contributed by atoms with Crippen LogP contribution in [0.2, 0.25) is 5.02 Å². The molecular formula is C16H18BrClNO4+. The van der Waals surface area contributed by atoms with Gasteiger partial charge in [-0.15, -0.1) is 0 Å². The smallest absolute Gasteiger partial charge is 0.435 e. The van der Waals surface area contributed by atoms with E-state index in [-0.39, 0.29) is 24.8 Å². The monoisotopic (exact) mass is 402 g/mol. The number of carboxylic acid groups (broad SMARTS) is 1. The molecule has 0 bridgehead atoms. The molecule has 2 unspecified atom stereocenters. The number of hydrogen-bond acceptors (Lipinski definition) is 3.